The number of carbonyl (C=O) groups excluding carboxylic acids is 1. The molecule has 2 heterocycles. The molecule has 0 atom stereocenters. The van der Waals surface area contributed by atoms with Gasteiger partial charge in [0.2, 0.25) is 0 Å². The topological polar surface area (TPSA) is 70.4 Å². The summed E-state index contributed by atoms with van der Waals surface area (Å²) in [5.41, 5.74) is 1.52. The molecule has 32 heavy (non-hydrogen) atoms. The van der Waals surface area contributed by atoms with Crippen molar-refractivity contribution in [2.24, 2.45) is 0 Å². The lowest BCUT2D eigenvalue weighted by atomic mass is 10.1. The van der Waals surface area contributed by atoms with Crippen molar-refractivity contribution in [3.63, 3.8) is 0 Å². The molecule has 4 aromatic rings. The number of carbonyl (C=O) groups is 1. The molecular weight excluding hydrogens is 451 g/mol. The molecule has 0 unspecified atom stereocenters. The Hall–Kier alpha value is -3.17. The average molecular weight is 471 g/mol. The molecule has 0 fully saturated rings. The first-order valence-electron chi connectivity index (χ1n) is 9.75. The van der Waals surface area contributed by atoms with E-state index in [1.54, 1.807) is 20.1 Å². The van der Waals surface area contributed by atoms with Crippen molar-refractivity contribution in [3.05, 3.63) is 70.1 Å². The number of methoxy groups -OCH3 is 1. The number of thioether (sulfide) groups is 1. The van der Waals surface area contributed by atoms with Gasteiger partial charge >= 0.3 is 5.97 Å². The summed E-state index contributed by atoms with van der Waals surface area (Å²) in [4.78, 5) is 30.8. The molecule has 0 aliphatic heterocycles. The lowest BCUT2D eigenvalue weighted by Crippen LogP contribution is -2.22. The van der Waals surface area contributed by atoms with Gasteiger partial charge in [-0.05, 0) is 42.8 Å². The van der Waals surface area contributed by atoms with Gasteiger partial charge in [0.05, 0.1) is 30.5 Å². The number of aromatic nitrogens is 2. The van der Waals surface area contributed by atoms with Gasteiger partial charge in [-0.25, -0.2) is 9.37 Å². The molecule has 164 valence electrons. The number of esters is 1. The van der Waals surface area contributed by atoms with E-state index in [1.165, 1.54) is 34.1 Å². The van der Waals surface area contributed by atoms with Crippen LogP contribution < -0.4 is 10.3 Å². The second-order valence-electron chi connectivity index (χ2n) is 6.67. The number of nitrogens with zero attached hydrogens (tertiary/aromatic N) is 2. The van der Waals surface area contributed by atoms with Crippen LogP contribution in [-0.4, -0.2) is 35.0 Å². The third-order valence-electron chi connectivity index (χ3n) is 4.65. The van der Waals surface area contributed by atoms with Crippen LogP contribution >= 0.6 is 23.1 Å². The summed E-state index contributed by atoms with van der Waals surface area (Å²) in [6.07, 6.45) is 0. The minimum atomic E-state index is -0.478. The minimum absolute atomic E-state index is 0.0186. The number of halogens is 1. The lowest BCUT2D eigenvalue weighted by Gasteiger charge is -2.12. The van der Waals surface area contributed by atoms with Crippen LogP contribution in [-0.2, 0) is 9.53 Å². The number of thiophene rings is 1. The second kappa shape index (κ2) is 9.54. The first kappa shape index (κ1) is 22.0. The summed E-state index contributed by atoms with van der Waals surface area (Å²) in [6.45, 7) is 1.98. The van der Waals surface area contributed by atoms with Crippen molar-refractivity contribution in [1.82, 2.24) is 9.55 Å². The number of benzene rings is 2. The summed E-state index contributed by atoms with van der Waals surface area (Å²) < 4.78 is 25.6. The molecule has 2 aromatic carbocycles. The Morgan fingerprint density at radius 1 is 1.22 bits per heavy atom. The second-order valence-corrected chi connectivity index (χ2v) is 8.47. The first-order chi connectivity index (χ1) is 15.5. The molecule has 6 nitrogen and oxygen atoms in total. The number of hydrogen-bond donors (Lipinski definition) is 0. The van der Waals surface area contributed by atoms with Crippen molar-refractivity contribution in [2.75, 3.05) is 19.5 Å². The molecule has 2 aromatic heterocycles. The third-order valence-corrected chi connectivity index (χ3v) is 6.43. The van der Waals surface area contributed by atoms with Gasteiger partial charge in [0.15, 0.2) is 5.16 Å². The van der Waals surface area contributed by atoms with Crippen LogP contribution in [0.1, 0.15) is 6.92 Å². The molecule has 4 rings (SSSR count). The van der Waals surface area contributed by atoms with Crippen molar-refractivity contribution in [3.8, 4) is 22.6 Å². The highest BCUT2D eigenvalue weighted by Crippen LogP contribution is 2.34. The average Bonchev–Trinajstić information content (AvgIpc) is 3.22. The maximum absolute atomic E-state index is 14.0. The van der Waals surface area contributed by atoms with Gasteiger partial charge in [0.25, 0.3) is 5.56 Å². The molecule has 0 aliphatic carbocycles. The maximum Gasteiger partial charge on any atom is 0.316 e. The van der Waals surface area contributed by atoms with Gasteiger partial charge < -0.3 is 9.47 Å². The number of ether oxygens (including phenoxy) is 2. The third kappa shape index (κ3) is 4.39. The zero-order chi connectivity index (χ0) is 22.7. The fourth-order valence-corrected chi connectivity index (χ4v) is 5.04. The summed E-state index contributed by atoms with van der Waals surface area (Å²) in [5, 5.41) is 2.58. The normalized spacial score (nSPS) is 11.0. The van der Waals surface area contributed by atoms with E-state index in [-0.39, 0.29) is 17.9 Å². The van der Waals surface area contributed by atoms with Crippen molar-refractivity contribution >= 4 is 39.3 Å². The van der Waals surface area contributed by atoms with Crippen LogP contribution in [0.15, 0.2) is 63.9 Å². The molecule has 0 amide bonds. The van der Waals surface area contributed by atoms with Crippen LogP contribution in [0.2, 0.25) is 0 Å². The van der Waals surface area contributed by atoms with Crippen LogP contribution in [0.5, 0.6) is 5.75 Å². The van der Waals surface area contributed by atoms with E-state index >= 15 is 0 Å². The van der Waals surface area contributed by atoms with E-state index < -0.39 is 11.8 Å². The molecule has 0 aliphatic rings. The predicted octanol–water partition coefficient (Wildman–Crippen LogP) is 4.92. The number of hydrogen-bond acceptors (Lipinski definition) is 7. The fraction of sp³-hybridized carbons (Fsp3) is 0.174. The van der Waals surface area contributed by atoms with E-state index in [0.717, 1.165) is 17.3 Å². The highest BCUT2D eigenvalue weighted by atomic mass is 32.2. The highest BCUT2D eigenvalue weighted by molar-refractivity contribution is 7.99. The molecule has 0 bridgehead atoms. The lowest BCUT2D eigenvalue weighted by molar-refractivity contribution is -0.139. The first-order valence-corrected chi connectivity index (χ1v) is 11.6. The SMILES string of the molecule is CCOC(=O)CSc1nc2scc(-c3cccc(OC)c3)c2c(=O)n1-c1cccc(F)c1. The zero-order valence-corrected chi connectivity index (χ0v) is 19.0. The molecule has 0 saturated carbocycles. The monoisotopic (exact) mass is 470 g/mol. The molecule has 0 saturated heterocycles. The summed E-state index contributed by atoms with van der Waals surface area (Å²) in [5.74, 6) is -0.244. The van der Waals surface area contributed by atoms with E-state index in [9.17, 15) is 14.0 Å². The van der Waals surface area contributed by atoms with Crippen LogP contribution in [0.3, 0.4) is 0 Å². The predicted molar refractivity (Wildman–Crippen MR) is 125 cm³/mol. The van der Waals surface area contributed by atoms with Gasteiger partial charge in [-0.2, -0.15) is 0 Å². The number of rotatable bonds is 7. The summed E-state index contributed by atoms with van der Waals surface area (Å²) in [6, 6.07) is 13.1. The Kier molecular flexibility index (Phi) is 6.57. The summed E-state index contributed by atoms with van der Waals surface area (Å²) in [7, 11) is 1.58. The Labute approximate surface area is 191 Å². The molecule has 0 radical (unpaired) electrons. The standard InChI is InChI=1S/C23H19FN2O4S2/c1-3-30-19(27)13-32-23-25-21-20(22(28)26(23)16-8-5-7-15(24)11-16)18(12-31-21)14-6-4-9-17(10-14)29-2/h4-12H,3,13H2,1-2H3. The van der Waals surface area contributed by atoms with Crippen LogP contribution in [0, 0.1) is 5.82 Å². The van der Waals surface area contributed by atoms with Crippen molar-refractivity contribution < 1.29 is 18.7 Å². The highest BCUT2D eigenvalue weighted by Gasteiger charge is 2.20. The van der Waals surface area contributed by atoms with E-state index in [4.69, 9.17) is 9.47 Å². The van der Waals surface area contributed by atoms with Gasteiger partial charge in [0.1, 0.15) is 16.4 Å². The van der Waals surface area contributed by atoms with Gasteiger partial charge in [-0.1, -0.05) is 30.0 Å². The minimum Gasteiger partial charge on any atom is -0.497 e. The Balaban J connectivity index is 1.91. The largest absolute Gasteiger partial charge is 0.497 e. The Morgan fingerprint density at radius 3 is 2.78 bits per heavy atom. The molecule has 0 N–H and O–H groups in total. The molecular formula is C23H19FN2O4S2. The fourth-order valence-electron chi connectivity index (χ4n) is 3.24. The Morgan fingerprint density at radius 2 is 2.03 bits per heavy atom. The molecule has 0 spiro atoms. The maximum atomic E-state index is 14.0. The van der Waals surface area contributed by atoms with E-state index in [1.807, 2.05) is 29.6 Å². The Bertz CT molecular complexity index is 1350. The van der Waals surface area contributed by atoms with Crippen LogP contribution in [0.25, 0.3) is 27.0 Å². The van der Waals surface area contributed by atoms with Crippen molar-refractivity contribution in [1.29, 1.82) is 0 Å². The van der Waals surface area contributed by atoms with E-state index in [2.05, 4.69) is 4.98 Å². The smallest absolute Gasteiger partial charge is 0.316 e. The van der Waals surface area contributed by atoms with Crippen LogP contribution in [0.4, 0.5) is 4.39 Å². The summed E-state index contributed by atoms with van der Waals surface area (Å²) >= 11 is 2.41. The van der Waals surface area contributed by atoms with Gasteiger partial charge in [-0.15, -0.1) is 11.3 Å². The zero-order valence-electron chi connectivity index (χ0n) is 17.3. The molecule has 9 heteroatoms. The van der Waals surface area contributed by atoms with Crippen molar-refractivity contribution in [2.45, 2.75) is 12.1 Å². The van der Waals surface area contributed by atoms with Gasteiger partial charge in [0, 0.05) is 10.9 Å². The number of fused-ring (bicyclic) bond motifs is 1. The van der Waals surface area contributed by atoms with Gasteiger partial charge in [-0.3, -0.25) is 14.2 Å². The van der Waals surface area contributed by atoms with E-state index in [0.29, 0.717) is 32.4 Å². The quantitative estimate of drug-likeness (QED) is 0.217.